The van der Waals surface area contributed by atoms with E-state index in [1.54, 1.807) is 0 Å². The smallest absolute Gasteiger partial charge is 0.349 e. The van der Waals surface area contributed by atoms with E-state index < -0.39 is 44.2 Å². The van der Waals surface area contributed by atoms with Crippen molar-refractivity contribution in [3.05, 3.63) is 43.0 Å². The Balaban J connectivity index is 3.98. The molecule has 0 aliphatic heterocycles. The number of hydrogen-bond donors (Lipinski definition) is 2. The number of nitro groups is 2. The Labute approximate surface area is 104 Å². The van der Waals surface area contributed by atoms with Crippen LogP contribution in [0.2, 0.25) is 0 Å². The number of carboxylic acids is 1. The van der Waals surface area contributed by atoms with Gasteiger partial charge in [0.25, 0.3) is 11.6 Å². The Hall–Kier alpha value is -3.04. The third-order valence-electron chi connectivity index (χ3n) is 2.32. The summed E-state index contributed by atoms with van der Waals surface area (Å²) in [7, 11) is 0. The first-order chi connectivity index (χ1) is 8.68. The van der Waals surface area contributed by atoms with Gasteiger partial charge < -0.3 is 10.8 Å². The molecule has 10 heteroatoms. The lowest BCUT2D eigenvalue weighted by Crippen LogP contribution is -2.19. The molecule has 19 heavy (non-hydrogen) atoms. The highest BCUT2D eigenvalue weighted by molar-refractivity contribution is 6.06. The van der Waals surface area contributed by atoms with Crippen LogP contribution in [-0.2, 0) is 0 Å². The van der Waals surface area contributed by atoms with Crippen LogP contribution in [0.25, 0.3) is 0 Å². The number of nitro benzene ring substituents is 2. The van der Waals surface area contributed by atoms with Gasteiger partial charge in [0.2, 0.25) is 5.56 Å². The SMILES string of the molecule is Cc1cc([N+](=O)[O-])c(C(=O)O)c([N+](=O)[O-])c1C(N)=O. The Morgan fingerprint density at radius 1 is 1.21 bits per heavy atom. The van der Waals surface area contributed by atoms with Crippen LogP contribution < -0.4 is 5.73 Å². The highest BCUT2D eigenvalue weighted by Crippen LogP contribution is 2.34. The predicted molar refractivity (Wildman–Crippen MR) is 60.0 cm³/mol. The molecule has 0 bridgehead atoms. The summed E-state index contributed by atoms with van der Waals surface area (Å²) in [6, 6.07) is 0.760. The maximum absolute atomic E-state index is 11.2. The second-order valence-electron chi connectivity index (χ2n) is 3.49. The van der Waals surface area contributed by atoms with E-state index in [4.69, 9.17) is 10.8 Å². The molecule has 0 fully saturated rings. The number of nitrogens with two attached hydrogens (primary N) is 1. The third kappa shape index (κ3) is 2.31. The third-order valence-corrected chi connectivity index (χ3v) is 2.32. The number of hydrogen-bond acceptors (Lipinski definition) is 6. The van der Waals surface area contributed by atoms with E-state index >= 15 is 0 Å². The lowest BCUT2D eigenvalue weighted by Gasteiger charge is -2.06. The number of aryl methyl sites for hydroxylation is 1. The minimum Gasteiger partial charge on any atom is -0.477 e. The number of nitrogens with zero attached hydrogens (tertiary/aromatic N) is 2. The first-order valence-electron chi connectivity index (χ1n) is 4.68. The summed E-state index contributed by atoms with van der Waals surface area (Å²) < 4.78 is 0. The van der Waals surface area contributed by atoms with E-state index in [1.807, 2.05) is 0 Å². The predicted octanol–water partition coefficient (Wildman–Crippen LogP) is 0.609. The van der Waals surface area contributed by atoms with Crippen molar-refractivity contribution in [1.82, 2.24) is 0 Å². The molecule has 3 N–H and O–H groups in total. The molecule has 0 aliphatic rings. The van der Waals surface area contributed by atoms with Gasteiger partial charge in [0.15, 0.2) is 0 Å². The van der Waals surface area contributed by atoms with E-state index in [9.17, 15) is 29.8 Å². The fourth-order valence-electron chi connectivity index (χ4n) is 1.63. The Morgan fingerprint density at radius 3 is 2.05 bits per heavy atom. The minimum absolute atomic E-state index is 0.143. The number of amides is 1. The highest BCUT2D eigenvalue weighted by atomic mass is 16.6. The molecule has 0 spiro atoms. The lowest BCUT2D eigenvalue weighted by molar-refractivity contribution is -0.394. The summed E-state index contributed by atoms with van der Waals surface area (Å²) in [5.74, 6) is -3.12. The molecule has 1 amide bonds. The first kappa shape index (κ1) is 14.0. The average molecular weight is 269 g/mol. The van der Waals surface area contributed by atoms with Gasteiger partial charge in [-0.25, -0.2) is 4.79 Å². The molecule has 0 unspecified atom stereocenters. The fourth-order valence-corrected chi connectivity index (χ4v) is 1.63. The monoisotopic (exact) mass is 269 g/mol. The molecule has 1 aromatic rings. The van der Waals surface area contributed by atoms with Crippen molar-refractivity contribution in [1.29, 1.82) is 0 Å². The molecule has 100 valence electrons. The quantitative estimate of drug-likeness (QED) is 0.596. The zero-order valence-corrected chi connectivity index (χ0v) is 9.45. The number of aromatic carboxylic acids is 1. The van der Waals surface area contributed by atoms with E-state index in [0.717, 1.165) is 6.07 Å². The molecule has 0 saturated heterocycles. The molecule has 0 aliphatic carbocycles. The summed E-state index contributed by atoms with van der Waals surface area (Å²) in [5, 5.41) is 30.5. The topological polar surface area (TPSA) is 167 Å². The Kier molecular flexibility index (Phi) is 3.45. The van der Waals surface area contributed by atoms with Crippen molar-refractivity contribution in [3.63, 3.8) is 0 Å². The first-order valence-corrected chi connectivity index (χ1v) is 4.68. The van der Waals surface area contributed by atoms with Crippen LogP contribution >= 0.6 is 0 Å². The number of carbonyl (C=O) groups is 2. The molecular formula is C9H7N3O7. The van der Waals surface area contributed by atoms with Crippen LogP contribution in [0.4, 0.5) is 11.4 Å². The van der Waals surface area contributed by atoms with Crippen molar-refractivity contribution in [2.24, 2.45) is 5.73 Å². The van der Waals surface area contributed by atoms with E-state index in [0.29, 0.717) is 0 Å². The number of primary amides is 1. The van der Waals surface area contributed by atoms with Gasteiger partial charge in [-0.05, 0) is 12.5 Å². The van der Waals surface area contributed by atoms with Gasteiger partial charge in [0, 0.05) is 6.07 Å². The van der Waals surface area contributed by atoms with E-state index in [2.05, 4.69) is 0 Å². The largest absolute Gasteiger partial charge is 0.477 e. The normalized spacial score (nSPS) is 9.95. The second-order valence-corrected chi connectivity index (χ2v) is 3.49. The van der Waals surface area contributed by atoms with Crippen LogP contribution in [0.5, 0.6) is 0 Å². The zero-order chi connectivity index (χ0) is 14.9. The molecule has 0 radical (unpaired) electrons. The van der Waals surface area contributed by atoms with Gasteiger partial charge in [0.1, 0.15) is 5.56 Å². The Morgan fingerprint density at radius 2 is 1.74 bits per heavy atom. The molecule has 0 saturated carbocycles. The Bertz CT molecular complexity index is 623. The van der Waals surface area contributed by atoms with Crippen molar-refractivity contribution in [2.75, 3.05) is 0 Å². The average Bonchev–Trinajstić information content (AvgIpc) is 2.25. The molecule has 1 rings (SSSR count). The summed E-state index contributed by atoms with van der Waals surface area (Å²) in [6.07, 6.45) is 0. The highest BCUT2D eigenvalue weighted by Gasteiger charge is 2.37. The fraction of sp³-hybridized carbons (Fsp3) is 0.111. The minimum atomic E-state index is -1.89. The van der Waals surface area contributed by atoms with Gasteiger partial charge in [-0.15, -0.1) is 0 Å². The number of carboxylic acid groups (broad SMARTS) is 1. The van der Waals surface area contributed by atoms with Gasteiger partial charge in [0.05, 0.1) is 9.85 Å². The maximum Gasteiger partial charge on any atom is 0.349 e. The molecule has 0 heterocycles. The summed E-state index contributed by atoms with van der Waals surface area (Å²) in [4.78, 5) is 41.5. The van der Waals surface area contributed by atoms with Gasteiger partial charge in [-0.1, -0.05) is 0 Å². The second kappa shape index (κ2) is 4.68. The van der Waals surface area contributed by atoms with Crippen LogP contribution in [0, 0.1) is 27.2 Å². The zero-order valence-electron chi connectivity index (χ0n) is 9.45. The van der Waals surface area contributed by atoms with Crippen LogP contribution in [0.3, 0.4) is 0 Å². The summed E-state index contributed by atoms with van der Waals surface area (Å²) in [6.45, 7) is 1.19. The van der Waals surface area contributed by atoms with Gasteiger partial charge >= 0.3 is 11.7 Å². The van der Waals surface area contributed by atoms with Crippen LogP contribution in [0.1, 0.15) is 26.3 Å². The molecule has 10 nitrogen and oxygen atoms in total. The molecule has 1 aromatic carbocycles. The maximum atomic E-state index is 11.2. The number of rotatable bonds is 4. The summed E-state index contributed by atoms with van der Waals surface area (Å²) >= 11 is 0. The van der Waals surface area contributed by atoms with Crippen molar-refractivity contribution >= 4 is 23.3 Å². The van der Waals surface area contributed by atoms with Gasteiger partial charge in [-0.2, -0.15) is 0 Å². The van der Waals surface area contributed by atoms with E-state index in [1.165, 1.54) is 6.92 Å². The van der Waals surface area contributed by atoms with Crippen molar-refractivity contribution in [3.8, 4) is 0 Å². The standard InChI is InChI=1S/C9H7N3O7/c1-3-2-4(11(16)17)6(9(14)15)7(12(18)19)5(3)8(10)13/h2H,1H3,(H2,10,13)(H,14,15). The molecular weight excluding hydrogens is 262 g/mol. The number of carbonyl (C=O) groups excluding carboxylic acids is 1. The number of benzene rings is 1. The van der Waals surface area contributed by atoms with E-state index in [-0.39, 0.29) is 5.56 Å². The lowest BCUT2D eigenvalue weighted by atomic mass is 9.99. The summed E-state index contributed by atoms with van der Waals surface area (Å²) in [5.41, 5.74) is 0.823. The van der Waals surface area contributed by atoms with Crippen LogP contribution in [-0.4, -0.2) is 26.8 Å². The molecule has 0 aromatic heterocycles. The molecule has 0 atom stereocenters. The van der Waals surface area contributed by atoms with Crippen molar-refractivity contribution in [2.45, 2.75) is 6.92 Å². The van der Waals surface area contributed by atoms with Gasteiger partial charge in [-0.3, -0.25) is 25.0 Å². The van der Waals surface area contributed by atoms with Crippen LogP contribution in [0.15, 0.2) is 6.07 Å². The van der Waals surface area contributed by atoms with Crippen molar-refractivity contribution < 1.29 is 24.5 Å².